The molecule has 86 valence electrons. The van der Waals surface area contributed by atoms with Crippen molar-refractivity contribution in [2.45, 2.75) is 25.1 Å². The molecule has 1 N–H and O–H groups in total. The van der Waals surface area contributed by atoms with Gasteiger partial charge in [-0.3, -0.25) is 4.90 Å². The summed E-state index contributed by atoms with van der Waals surface area (Å²) in [5.41, 5.74) is 0. The summed E-state index contributed by atoms with van der Waals surface area (Å²) in [5.74, 6) is -1.95. The fraction of sp³-hybridized carbons (Fsp3) is 0.889. The molecule has 1 heterocycles. The molecular weight excluding hydrogens is 209 g/mol. The normalized spacial score (nSPS) is 25.1. The molecule has 0 aromatic carbocycles. The van der Waals surface area contributed by atoms with Crippen molar-refractivity contribution in [3.8, 4) is 6.07 Å². The van der Waals surface area contributed by atoms with Crippen LogP contribution in [-0.4, -0.2) is 41.9 Å². The summed E-state index contributed by atoms with van der Waals surface area (Å²) >= 11 is 0. The molecule has 0 aromatic rings. The minimum Gasteiger partial charge on any atom is -0.395 e. The van der Waals surface area contributed by atoms with Gasteiger partial charge in [-0.15, -0.1) is 0 Å². The second-order valence-electron chi connectivity index (χ2n) is 3.70. The van der Waals surface area contributed by atoms with E-state index in [0.717, 1.165) is 6.42 Å². The van der Waals surface area contributed by atoms with Crippen molar-refractivity contribution in [1.29, 1.82) is 5.26 Å². The molecule has 0 amide bonds. The highest BCUT2D eigenvalue weighted by Crippen LogP contribution is 2.28. The number of aliphatic hydroxyl groups is 1. The highest BCUT2D eigenvalue weighted by Gasteiger charge is 2.42. The zero-order chi connectivity index (χ0) is 11.5. The average molecular weight is 222 g/mol. The fourth-order valence-corrected chi connectivity index (χ4v) is 1.79. The lowest BCUT2D eigenvalue weighted by atomic mass is 10.1. The second-order valence-corrected chi connectivity index (χ2v) is 3.70. The molecule has 1 unspecified atom stereocenters. The van der Waals surface area contributed by atoms with Crippen LogP contribution in [0.15, 0.2) is 0 Å². The molecule has 1 aliphatic heterocycles. The lowest BCUT2D eigenvalue weighted by molar-refractivity contribution is -0.163. The highest BCUT2D eigenvalue weighted by molar-refractivity contribution is 4.93. The van der Waals surface area contributed by atoms with Crippen molar-refractivity contribution in [2.75, 3.05) is 19.7 Å². The fourth-order valence-electron chi connectivity index (χ4n) is 1.79. The maximum absolute atomic E-state index is 12.3. The van der Waals surface area contributed by atoms with E-state index in [1.165, 1.54) is 6.07 Å². The van der Waals surface area contributed by atoms with Gasteiger partial charge in [0.1, 0.15) is 0 Å². The summed E-state index contributed by atoms with van der Waals surface area (Å²) in [5, 5.41) is 17.3. The van der Waals surface area contributed by atoms with Gasteiger partial charge in [0.25, 0.3) is 0 Å². The third-order valence-electron chi connectivity index (χ3n) is 2.68. The number of rotatable bonds is 3. The molecule has 0 saturated carbocycles. The van der Waals surface area contributed by atoms with Crippen LogP contribution >= 0.6 is 0 Å². The quantitative estimate of drug-likeness (QED) is 0.779. The van der Waals surface area contributed by atoms with Crippen molar-refractivity contribution in [3.05, 3.63) is 0 Å². The number of hydrogen-bond donors (Lipinski definition) is 1. The van der Waals surface area contributed by atoms with E-state index in [4.69, 9.17) is 10.4 Å². The minimum absolute atomic E-state index is 0.143. The van der Waals surface area contributed by atoms with Gasteiger partial charge in [-0.2, -0.15) is 18.4 Å². The molecular formula is C9H13F3N2O. The van der Waals surface area contributed by atoms with E-state index >= 15 is 0 Å². The lowest BCUT2D eigenvalue weighted by Crippen LogP contribution is -2.40. The van der Waals surface area contributed by atoms with Gasteiger partial charge in [-0.1, -0.05) is 0 Å². The van der Waals surface area contributed by atoms with Gasteiger partial charge in [-0.25, -0.2) is 0 Å². The SMILES string of the molecule is N#CC(CN1CCC[C@@H]1CO)C(F)(F)F. The van der Waals surface area contributed by atoms with Crippen LogP contribution in [0.1, 0.15) is 12.8 Å². The van der Waals surface area contributed by atoms with E-state index in [1.54, 1.807) is 4.90 Å². The molecule has 15 heavy (non-hydrogen) atoms. The van der Waals surface area contributed by atoms with Crippen LogP contribution in [0, 0.1) is 17.2 Å². The molecule has 2 atom stereocenters. The van der Waals surface area contributed by atoms with Crippen molar-refractivity contribution in [2.24, 2.45) is 5.92 Å². The summed E-state index contributed by atoms with van der Waals surface area (Å²) in [6.07, 6.45) is -2.99. The van der Waals surface area contributed by atoms with Crippen LogP contribution in [0.5, 0.6) is 0 Å². The van der Waals surface area contributed by atoms with Gasteiger partial charge < -0.3 is 5.11 Å². The number of nitrogens with zero attached hydrogens (tertiary/aromatic N) is 2. The molecule has 3 nitrogen and oxygen atoms in total. The van der Waals surface area contributed by atoms with Crippen molar-refractivity contribution >= 4 is 0 Å². The average Bonchev–Trinajstić information content (AvgIpc) is 2.59. The summed E-state index contributed by atoms with van der Waals surface area (Å²) in [6, 6.07) is 1.05. The van der Waals surface area contributed by atoms with Gasteiger partial charge in [0.2, 0.25) is 0 Å². The molecule has 1 fully saturated rings. The van der Waals surface area contributed by atoms with Crippen LogP contribution in [0.4, 0.5) is 13.2 Å². The van der Waals surface area contributed by atoms with Gasteiger partial charge in [-0.05, 0) is 19.4 Å². The molecule has 1 saturated heterocycles. The van der Waals surface area contributed by atoms with Crippen LogP contribution in [0.3, 0.4) is 0 Å². The third kappa shape index (κ3) is 3.08. The smallest absolute Gasteiger partial charge is 0.395 e. The van der Waals surface area contributed by atoms with E-state index in [1.807, 2.05) is 0 Å². The van der Waals surface area contributed by atoms with Gasteiger partial charge in [0.05, 0.1) is 12.7 Å². The van der Waals surface area contributed by atoms with E-state index in [2.05, 4.69) is 0 Å². The van der Waals surface area contributed by atoms with Crippen LogP contribution in [-0.2, 0) is 0 Å². The first-order valence-electron chi connectivity index (χ1n) is 4.80. The summed E-state index contributed by atoms with van der Waals surface area (Å²) in [6.45, 7) is 0.0563. The lowest BCUT2D eigenvalue weighted by Gasteiger charge is -2.25. The third-order valence-corrected chi connectivity index (χ3v) is 2.68. The standard InChI is InChI=1S/C9H13F3N2O/c10-9(11,12)7(4-13)5-14-3-1-2-8(14)6-15/h7-8,15H,1-3,5-6H2/t7?,8-/m1/s1. The summed E-state index contributed by atoms with van der Waals surface area (Å²) < 4.78 is 36.9. The molecule has 6 heteroatoms. The number of hydrogen-bond acceptors (Lipinski definition) is 3. The predicted molar refractivity (Wildman–Crippen MR) is 46.8 cm³/mol. The second kappa shape index (κ2) is 4.81. The van der Waals surface area contributed by atoms with Crippen LogP contribution in [0.25, 0.3) is 0 Å². The maximum atomic E-state index is 12.3. The van der Waals surface area contributed by atoms with Gasteiger partial charge in [0, 0.05) is 12.6 Å². The van der Waals surface area contributed by atoms with Crippen molar-refractivity contribution in [1.82, 2.24) is 4.90 Å². The van der Waals surface area contributed by atoms with E-state index in [-0.39, 0.29) is 19.2 Å². The Morgan fingerprint density at radius 2 is 2.20 bits per heavy atom. The largest absolute Gasteiger partial charge is 0.405 e. The topological polar surface area (TPSA) is 47.3 Å². The Bertz CT molecular complexity index is 249. The van der Waals surface area contributed by atoms with Crippen LogP contribution in [0.2, 0.25) is 0 Å². The Balaban J connectivity index is 2.56. The molecule has 0 radical (unpaired) electrons. The van der Waals surface area contributed by atoms with Crippen LogP contribution < -0.4 is 0 Å². The number of alkyl halides is 3. The molecule has 0 spiro atoms. The Hall–Kier alpha value is -0.800. The number of nitriles is 1. The molecule has 0 aromatic heterocycles. The minimum atomic E-state index is -4.47. The molecule has 0 aliphatic carbocycles. The summed E-state index contributed by atoms with van der Waals surface area (Å²) in [4.78, 5) is 1.54. The first kappa shape index (κ1) is 12.3. The van der Waals surface area contributed by atoms with E-state index in [9.17, 15) is 13.2 Å². The van der Waals surface area contributed by atoms with E-state index in [0.29, 0.717) is 13.0 Å². The zero-order valence-corrected chi connectivity index (χ0v) is 8.17. The van der Waals surface area contributed by atoms with Crippen molar-refractivity contribution < 1.29 is 18.3 Å². The Labute approximate surface area is 86.1 Å². The highest BCUT2D eigenvalue weighted by atomic mass is 19.4. The molecule has 0 bridgehead atoms. The number of aliphatic hydroxyl groups excluding tert-OH is 1. The predicted octanol–water partition coefficient (Wildman–Crippen LogP) is 1.15. The number of halogens is 3. The monoisotopic (exact) mass is 222 g/mol. The molecule has 1 rings (SSSR count). The van der Waals surface area contributed by atoms with Crippen molar-refractivity contribution in [3.63, 3.8) is 0 Å². The number of likely N-dealkylation sites (tertiary alicyclic amines) is 1. The Morgan fingerprint density at radius 1 is 1.53 bits per heavy atom. The first-order valence-corrected chi connectivity index (χ1v) is 4.80. The molecule has 1 aliphatic rings. The Morgan fingerprint density at radius 3 is 2.67 bits per heavy atom. The first-order chi connectivity index (χ1) is 6.99. The zero-order valence-electron chi connectivity index (χ0n) is 8.17. The Kier molecular flexibility index (Phi) is 3.94. The summed E-state index contributed by atoms with van der Waals surface area (Å²) in [7, 11) is 0. The van der Waals surface area contributed by atoms with Gasteiger partial charge in [0.15, 0.2) is 5.92 Å². The van der Waals surface area contributed by atoms with Gasteiger partial charge >= 0.3 is 6.18 Å². The maximum Gasteiger partial charge on any atom is 0.405 e. The van der Waals surface area contributed by atoms with E-state index < -0.39 is 12.1 Å².